The van der Waals surface area contributed by atoms with Crippen LogP contribution >= 0.6 is 0 Å². The predicted octanol–water partition coefficient (Wildman–Crippen LogP) is 3.78. The van der Waals surface area contributed by atoms with Gasteiger partial charge < -0.3 is 14.5 Å². The number of para-hydroxylation sites is 1. The number of nitrogens with one attached hydrogen (secondary N) is 1. The van der Waals surface area contributed by atoms with Crippen molar-refractivity contribution in [2.24, 2.45) is 0 Å². The highest BCUT2D eigenvalue weighted by molar-refractivity contribution is 6.03. The van der Waals surface area contributed by atoms with Gasteiger partial charge in [0.05, 0.1) is 6.61 Å². The summed E-state index contributed by atoms with van der Waals surface area (Å²) in [6.45, 7) is 0.592. The number of rotatable bonds is 6. The highest BCUT2D eigenvalue weighted by Gasteiger charge is 2.14. The largest absolute Gasteiger partial charge is 0.444 e. The number of anilines is 1. The first-order chi connectivity index (χ1) is 11.8. The first kappa shape index (κ1) is 16.0. The van der Waals surface area contributed by atoms with E-state index in [1.807, 2.05) is 54.6 Å². The van der Waals surface area contributed by atoms with Crippen molar-refractivity contribution in [1.29, 1.82) is 0 Å². The van der Waals surface area contributed by atoms with Crippen LogP contribution in [-0.2, 0) is 11.2 Å². The molecular weight excluding hydrogens is 304 g/mol. The summed E-state index contributed by atoms with van der Waals surface area (Å²) in [7, 11) is 1.65. The van der Waals surface area contributed by atoms with Gasteiger partial charge in [-0.3, -0.25) is 4.79 Å². The van der Waals surface area contributed by atoms with E-state index >= 15 is 0 Å². The van der Waals surface area contributed by atoms with Crippen LogP contribution in [0.15, 0.2) is 65.3 Å². The summed E-state index contributed by atoms with van der Waals surface area (Å²) < 4.78 is 10.5. The zero-order chi connectivity index (χ0) is 16.8. The van der Waals surface area contributed by atoms with E-state index < -0.39 is 0 Å². The molecule has 0 unspecified atom stereocenters. The molecule has 0 aliphatic carbocycles. The smallest absolute Gasteiger partial charge is 0.277 e. The van der Waals surface area contributed by atoms with Crippen molar-refractivity contribution < 1.29 is 13.9 Å². The molecule has 0 bridgehead atoms. The second kappa shape index (κ2) is 7.57. The highest BCUT2D eigenvalue weighted by atomic mass is 16.5. The van der Waals surface area contributed by atoms with E-state index in [2.05, 4.69) is 10.3 Å². The molecule has 0 atom stereocenters. The van der Waals surface area contributed by atoms with Crippen molar-refractivity contribution in [3.05, 3.63) is 72.1 Å². The van der Waals surface area contributed by atoms with E-state index in [1.54, 1.807) is 7.11 Å². The van der Waals surface area contributed by atoms with Crippen LogP contribution in [0.3, 0.4) is 0 Å². The van der Waals surface area contributed by atoms with Gasteiger partial charge in [0.1, 0.15) is 6.26 Å². The van der Waals surface area contributed by atoms with Gasteiger partial charge >= 0.3 is 0 Å². The molecule has 0 aliphatic heterocycles. The number of aromatic nitrogens is 1. The van der Waals surface area contributed by atoms with Crippen LogP contribution in [0.2, 0.25) is 0 Å². The van der Waals surface area contributed by atoms with Gasteiger partial charge in [-0.1, -0.05) is 36.4 Å². The lowest BCUT2D eigenvalue weighted by Gasteiger charge is -2.09. The van der Waals surface area contributed by atoms with Crippen molar-refractivity contribution in [3.63, 3.8) is 0 Å². The standard InChI is InChI=1S/C19H18N2O3/c1-23-12-11-14-7-5-6-10-16(14)20-18(22)17-13-24-19(21-17)15-8-3-2-4-9-15/h2-10,13H,11-12H2,1H3,(H,20,22). The first-order valence-electron chi connectivity index (χ1n) is 7.67. The van der Waals surface area contributed by atoms with E-state index in [4.69, 9.17) is 9.15 Å². The lowest BCUT2D eigenvalue weighted by molar-refractivity contribution is 0.102. The molecule has 1 heterocycles. The maximum absolute atomic E-state index is 12.4. The summed E-state index contributed by atoms with van der Waals surface area (Å²) in [5.74, 6) is 0.124. The average Bonchev–Trinajstić information content (AvgIpc) is 3.12. The fraction of sp³-hybridized carbons (Fsp3) is 0.158. The Morgan fingerprint density at radius 1 is 1.12 bits per heavy atom. The van der Waals surface area contributed by atoms with E-state index in [0.717, 1.165) is 23.2 Å². The maximum Gasteiger partial charge on any atom is 0.277 e. The molecule has 0 saturated carbocycles. The molecule has 3 aromatic rings. The third-order valence-corrected chi connectivity index (χ3v) is 3.60. The summed E-state index contributed by atoms with van der Waals surface area (Å²) in [6.07, 6.45) is 2.09. The van der Waals surface area contributed by atoms with Crippen molar-refractivity contribution in [2.75, 3.05) is 19.0 Å². The number of carbonyl (C=O) groups is 1. The Morgan fingerprint density at radius 3 is 2.67 bits per heavy atom. The summed E-state index contributed by atoms with van der Waals surface area (Å²) >= 11 is 0. The fourth-order valence-electron chi connectivity index (χ4n) is 2.35. The zero-order valence-corrected chi connectivity index (χ0v) is 13.4. The fourth-order valence-corrected chi connectivity index (χ4v) is 2.35. The van der Waals surface area contributed by atoms with Crippen LogP contribution in [0.25, 0.3) is 11.5 Å². The zero-order valence-electron chi connectivity index (χ0n) is 13.4. The lowest BCUT2D eigenvalue weighted by atomic mass is 10.1. The van der Waals surface area contributed by atoms with E-state index in [-0.39, 0.29) is 11.6 Å². The van der Waals surface area contributed by atoms with Gasteiger partial charge in [-0.05, 0) is 30.2 Å². The van der Waals surface area contributed by atoms with Crippen molar-refractivity contribution >= 4 is 11.6 Å². The Bertz CT molecular complexity index is 812. The van der Waals surface area contributed by atoms with Crippen LogP contribution < -0.4 is 5.32 Å². The molecule has 2 aromatic carbocycles. The number of carbonyl (C=O) groups excluding carboxylic acids is 1. The molecule has 0 fully saturated rings. The molecule has 0 spiro atoms. The molecule has 0 aliphatic rings. The minimum absolute atomic E-state index is 0.246. The van der Waals surface area contributed by atoms with Crippen LogP contribution in [0.4, 0.5) is 5.69 Å². The van der Waals surface area contributed by atoms with Gasteiger partial charge in [-0.2, -0.15) is 0 Å². The van der Waals surface area contributed by atoms with E-state index in [9.17, 15) is 4.79 Å². The molecule has 122 valence electrons. The van der Waals surface area contributed by atoms with Gasteiger partial charge in [0.2, 0.25) is 5.89 Å². The molecule has 1 aromatic heterocycles. The monoisotopic (exact) mass is 322 g/mol. The second-order valence-electron chi connectivity index (χ2n) is 5.26. The van der Waals surface area contributed by atoms with Crippen LogP contribution in [0, 0.1) is 0 Å². The van der Waals surface area contributed by atoms with E-state index in [0.29, 0.717) is 12.5 Å². The SMILES string of the molecule is COCCc1ccccc1NC(=O)c1coc(-c2ccccc2)n1. The topological polar surface area (TPSA) is 64.4 Å². The average molecular weight is 322 g/mol. The van der Waals surface area contributed by atoms with Gasteiger partial charge in [0.25, 0.3) is 5.91 Å². The molecule has 1 amide bonds. The molecule has 1 N–H and O–H groups in total. The third kappa shape index (κ3) is 3.70. The minimum atomic E-state index is -0.300. The Morgan fingerprint density at radius 2 is 1.88 bits per heavy atom. The number of methoxy groups -OCH3 is 1. The van der Waals surface area contributed by atoms with Gasteiger partial charge in [-0.25, -0.2) is 4.98 Å². The second-order valence-corrected chi connectivity index (χ2v) is 5.26. The number of hydrogen-bond acceptors (Lipinski definition) is 4. The summed E-state index contributed by atoms with van der Waals surface area (Å²) in [5, 5.41) is 2.88. The van der Waals surface area contributed by atoms with Crippen LogP contribution in [0.1, 0.15) is 16.1 Å². The van der Waals surface area contributed by atoms with Crippen LogP contribution in [0.5, 0.6) is 0 Å². The minimum Gasteiger partial charge on any atom is -0.444 e. The summed E-state index contributed by atoms with van der Waals surface area (Å²) in [5.41, 5.74) is 2.84. The van der Waals surface area contributed by atoms with E-state index in [1.165, 1.54) is 6.26 Å². The third-order valence-electron chi connectivity index (χ3n) is 3.60. The Hall–Kier alpha value is -2.92. The van der Waals surface area contributed by atoms with Crippen LogP contribution in [-0.4, -0.2) is 24.6 Å². The van der Waals surface area contributed by atoms with Crippen molar-refractivity contribution in [2.45, 2.75) is 6.42 Å². The van der Waals surface area contributed by atoms with Gasteiger partial charge in [-0.15, -0.1) is 0 Å². The number of ether oxygens (including phenoxy) is 1. The highest BCUT2D eigenvalue weighted by Crippen LogP contribution is 2.20. The quantitative estimate of drug-likeness (QED) is 0.750. The van der Waals surface area contributed by atoms with Gasteiger partial charge in [0.15, 0.2) is 5.69 Å². The normalized spacial score (nSPS) is 10.5. The summed E-state index contributed by atoms with van der Waals surface area (Å²) in [6, 6.07) is 17.1. The first-order valence-corrected chi connectivity index (χ1v) is 7.67. The number of hydrogen-bond donors (Lipinski definition) is 1. The molecule has 0 saturated heterocycles. The molecule has 3 rings (SSSR count). The maximum atomic E-state index is 12.4. The number of amides is 1. The lowest BCUT2D eigenvalue weighted by Crippen LogP contribution is -2.14. The Kier molecular flexibility index (Phi) is 5.03. The Balaban J connectivity index is 1.75. The van der Waals surface area contributed by atoms with Crippen molar-refractivity contribution in [1.82, 2.24) is 4.98 Å². The molecular formula is C19H18N2O3. The van der Waals surface area contributed by atoms with Gasteiger partial charge in [0, 0.05) is 18.4 Å². The molecule has 5 heteroatoms. The Labute approximate surface area is 140 Å². The number of oxazole rings is 1. The molecule has 24 heavy (non-hydrogen) atoms. The molecule has 0 radical (unpaired) electrons. The number of nitrogens with zero attached hydrogens (tertiary/aromatic N) is 1. The number of benzene rings is 2. The van der Waals surface area contributed by atoms with Crippen molar-refractivity contribution in [3.8, 4) is 11.5 Å². The predicted molar refractivity (Wildman–Crippen MR) is 91.9 cm³/mol. The molecule has 5 nitrogen and oxygen atoms in total. The summed E-state index contributed by atoms with van der Waals surface area (Å²) in [4.78, 5) is 16.7.